The normalized spacial score (nSPS) is 11.1. The average molecular weight is 411 g/mol. The Bertz CT molecular complexity index is 969. The minimum absolute atomic E-state index is 0.395. The largest absolute Gasteiger partial charge is 0.454 e. The molecular formula is C21H21N3O4S. The number of benzene rings is 2. The van der Waals surface area contributed by atoms with Gasteiger partial charge in [0.25, 0.3) is 11.8 Å². The Kier molecular flexibility index (Phi) is 7.80. The zero-order valence-corrected chi connectivity index (χ0v) is 17.1. The van der Waals surface area contributed by atoms with Crippen molar-refractivity contribution in [2.24, 2.45) is 0 Å². The van der Waals surface area contributed by atoms with Gasteiger partial charge in [-0.05, 0) is 68.4 Å². The predicted molar refractivity (Wildman–Crippen MR) is 110 cm³/mol. The van der Waals surface area contributed by atoms with Gasteiger partial charge < -0.3 is 15.4 Å². The first-order chi connectivity index (χ1) is 13.8. The van der Waals surface area contributed by atoms with Crippen LogP contribution in [0, 0.1) is 24.5 Å². The number of nitriles is 1. The molecule has 2 amide bonds. The first-order valence-corrected chi connectivity index (χ1v) is 9.62. The van der Waals surface area contributed by atoms with Crippen molar-refractivity contribution in [3.63, 3.8) is 0 Å². The summed E-state index contributed by atoms with van der Waals surface area (Å²) in [7, 11) is 0. The number of esters is 1. The van der Waals surface area contributed by atoms with Crippen molar-refractivity contribution in [3.05, 3.63) is 59.2 Å². The van der Waals surface area contributed by atoms with E-state index in [-0.39, 0.29) is 0 Å². The maximum atomic E-state index is 12.2. The number of thioether (sulfide) groups is 1. The zero-order valence-electron chi connectivity index (χ0n) is 16.3. The molecule has 7 nitrogen and oxygen atoms in total. The molecule has 29 heavy (non-hydrogen) atoms. The van der Waals surface area contributed by atoms with E-state index in [0.29, 0.717) is 11.3 Å². The highest BCUT2D eigenvalue weighted by atomic mass is 32.2. The number of hydrogen-bond donors (Lipinski definition) is 2. The van der Waals surface area contributed by atoms with Crippen LogP contribution in [-0.4, -0.2) is 30.4 Å². The van der Waals surface area contributed by atoms with Gasteiger partial charge in [0.05, 0.1) is 0 Å². The molecule has 0 saturated carbocycles. The smallest absolute Gasteiger partial charge is 0.328 e. The molecule has 2 aromatic rings. The van der Waals surface area contributed by atoms with Crippen molar-refractivity contribution in [1.82, 2.24) is 5.32 Å². The van der Waals surface area contributed by atoms with Gasteiger partial charge in [-0.3, -0.25) is 9.59 Å². The summed E-state index contributed by atoms with van der Waals surface area (Å²) in [6.45, 7) is 4.68. The van der Waals surface area contributed by atoms with Gasteiger partial charge in [0.1, 0.15) is 11.4 Å². The van der Waals surface area contributed by atoms with Crippen LogP contribution >= 0.6 is 11.8 Å². The van der Waals surface area contributed by atoms with Crippen LogP contribution in [-0.2, 0) is 14.3 Å². The second-order valence-electron chi connectivity index (χ2n) is 6.39. The molecule has 8 heteroatoms. The number of nitrogens with one attached hydrogen (secondary N) is 2. The molecule has 0 aromatic heterocycles. The van der Waals surface area contributed by atoms with Crippen LogP contribution in [0.4, 0.5) is 5.69 Å². The van der Waals surface area contributed by atoms with Crippen LogP contribution in [0.2, 0.25) is 0 Å². The third kappa shape index (κ3) is 6.66. The molecule has 0 heterocycles. The number of aryl methyl sites for hydroxylation is 2. The summed E-state index contributed by atoms with van der Waals surface area (Å²) in [5, 5.41) is 15.9. The lowest BCUT2D eigenvalue weighted by molar-refractivity contribution is -0.148. The number of anilines is 1. The topological polar surface area (TPSA) is 108 Å². The summed E-state index contributed by atoms with van der Waals surface area (Å²) < 4.78 is 4.99. The lowest BCUT2D eigenvalue weighted by Crippen LogP contribution is -2.40. The molecule has 2 aromatic carbocycles. The molecule has 0 aliphatic heterocycles. The molecule has 2 N–H and O–H groups in total. The molecule has 0 spiro atoms. The molecule has 0 radical (unpaired) electrons. The van der Waals surface area contributed by atoms with Crippen LogP contribution in [0.15, 0.2) is 47.4 Å². The fourth-order valence-corrected chi connectivity index (χ4v) is 2.94. The van der Waals surface area contributed by atoms with Gasteiger partial charge in [-0.1, -0.05) is 17.7 Å². The molecule has 0 fully saturated rings. The molecule has 0 bridgehead atoms. The Balaban J connectivity index is 1.84. The molecule has 150 valence electrons. The molecule has 0 aliphatic carbocycles. The second-order valence-corrected chi connectivity index (χ2v) is 7.25. The first-order valence-electron chi connectivity index (χ1n) is 8.80. The summed E-state index contributed by atoms with van der Waals surface area (Å²) >= 11 is 1.03. The van der Waals surface area contributed by atoms with Crippen molar-refractivity contribution >= 4 is 35.2 Å². The van der Waals surface area contributed by atoms with Gasteiger partial charge in [-0.25, -0.2) is 4.79 Å². The van der Waals surface area contributed by atoms with E-state index in [4.69, 9.17) is 10.00 Å². The number of ether oxygens (including phenoxy) is 1. The maximum absolute atomic E-state index is 12.2. The van der Waals surface area contributed by atoms with Gasteiger partial charge in [0.2, 0.25) is 0 Å². The highest BCUT2D eigenvalue weighted by Crippen LogP contribution is 2.23. The fraction of sp³-hybridized carbons (Fsp3) is 0.238. The van der Waals surface area contributed by atoms with Gasteiger partial charge in [-0.2, -0.15) is 5.26 Å². The number of carbonyl (C=O) groups excluding carboxylic acids is 3. The summed E-state index contributed by atoms with van der Waals surface area (Å²) in [4.78, 5) is 37.1. The highest BCUT2D eigenvalue weighted by Gasteiger charge is 2.19. The van der Waals surface area contributed by atoms with E-state index in [9.17, 15) is 14.4 Å². The Morgan fingerprint density at radius 3 is 2.59 bits per heavy atom. The second kappa shape index (κ2) is 10.3. The first kappa shape index (κ1) is 22.0. The van der Waals surface area contributed by atoms with E-state index in [1.54, 1.807) is 43.3 Å². The van der Waals surface area contributed by atoms with Crippen LogP contribution in [0.1, 0.15) is 28.4 Å². The van der Waals surface area contributed by atoms with E-state index in [2.05, 4.69) is 10.6 Å². The van der Waals surface area contributed by atoms with E-state index in [1.807, 2.05) is 18.4 Å². The Morgan fingerprint density at radius 1 is 1.17 bits per heavy atom. The summed E-state index contributed by atoms with van der Waals surface area (Å²) in [6.07, 6.45) is 0. The monoisotopic (exact) mass is 411 g/mol. The van der Waals surface area contributed by atoms with E-state index in [0.717, 1.165) is 27.8 Å². The third-order valence-corrected chi connectivity index (χ3v) is 4.54. The van der Waals surface area contributed by atoms with Crippen molar-refractivity contribution in [2.45, 2.75) is 31.7 Å². The van der Waals surface area contributed by atoms with Crippen molar-refractivity contribution in [3.8, 4) is 5.40 Å². The molecule has 2 rings (SSSR count). The fourth-order valence-electron chi connectivity index (χ4n) is 2.47. The summed E-state index contributed by atoms with van der Waals surface area (Å²) in [6, 6.07) is 11.2. The lowest BCUT2D eigenvalue weighted by atomic mass is 10.1. The van der Waals surface area contributed by atoms with Crippen LogP contribution in [0.25, 0.3) is 0 Å². The standard InChI is InChI=1S/C21H21N3O4S/c1-13-5-4-6-16(9-13)20(26)23-15(3)21(27)28-11-19(25)24-18-8-7-17(29-12-22)10-14(18)2/h4-10,15H,11H2,1-3H3,(H,23,26)(H,24,25)/t15-/m0/s1. The number of carbonyl (C=O) groups is 3. The van der Waals surface area contributed by atoms with Crippen LogP contribution in [0.5, 0.6) is 0 Å². The van der Waals surface area contributed by atoms with Crippen LogP contribution in [0.3, 0.4) is 0 Å². The van der Waals surface area contributed by atoms with Crippen LogP contribution < -0.4 is 10.6 Å². The molecule has 0 aliphatic rings. The minimum Gasteiger partial charge on any atom is -0.454 e. The Hall–Kier alpha value is -3.31. The van der Waals surface area contributed by atoms with E-state index >= 15 is 0 Å². The zero-order chi connectivity index (χ0) is 21.4. The quantitative estimate of drug-likeness (QED) is 0.412. The average Bonchev–Trinajstić information content (AvgIpc) is 2.68. The number of hydrogen-bond acceptors (Lipinski definition) is 6. The van der Waals surface area contributed by atoms with E-state index < -0.39 is 30.4 Å². The maximum Gasteiger partial charge on any atom is 0.328 e. The predicted octanol–water partition coefficient (Wildman–Crippen LogP) is 3.18. The summed E-state index contributed by atoms with van der Waals surface area (Å²) in [5.74, 6) is -1.61. The van der Waals surface area contributed by atoms with Gasteiger partial charge in [0, 0.05) is 16.1 Å². The molecule has 1 atom stereocenters. The van der Waals surface area contributed by atoms with Gasteiger partial charge in [0.15, 0.2) is 6.61 Å². The Labute approximate surface area is 173 Å². The summed E-state index contributed by atoms with van der Waals surface area (Å²) in [5.41, 5.74) is 2.72. The molecular weight excluding hydrogens is 390 g/mol. The van der Waals surface area contributed by atoms with Gasteiger partial charge >= 0.3 is 5.97 Å². The van der Waals surface area contributed by atoms with Crippen molar-refractivity contribution < 1.29 is 19.1 Å². The SMILES string of the molecule is Cc1cccc(C(=O)N[C@@H](C)C(=O)OCC(=O)Nc2ccc(SC#N)cc2C)c1. The molecule has 0 saturated heterocycles. The van der Waals surface area contributed by atoms with E-state index in [1.165, 1.54) is 6.92 Å². The van der Waals surface area contributed by atoms with Crippen molar-refractivity contribution in [2.75, 3.05) is 11.9 Å². The Morgan fingerprint density at radius 2 is 1.93 bits per heavy atom. The highest BCUT2D eigenvalue weighted by molar-refractivity contribution is 8.03. The number of amides is 2. The number of thiocyanates is 1. The minimum atomic E-state index is -0.903. The third-order valence-electron chi connectivity index (χ3n) is 3.96. The lowest BCUT2D eigenvalue weighted by Gasteiger charge is -2.14. The number of rotatable bonds is 7. The molecule has 0 unspecified atom stereocenters. The van der Waals surface area contributed by atoms with Gasteiger partial charge in [-0.15, -0.1) is 0 Å². The number of nitrogens with zero attached hydrogens (tertiary/aromatic N) is 1. The van der Waals surface area contributed by atoms with Crippen molar-refractivity contribution in [1.29, 1.82) is 5.26 Å².